The molecule has 104 valence electrons. The average Bonchev–Trinajstić information content (AvgIpc) is 3.03. The molecule has 0 saturated heterocycles. The van der Waals surface area contributed by atoms with Crippen LogP contribution < -0.4 is 14.8 Å². The van der Waals surface area contributed by atoms with Gasteiger partial charge in [-0.25, -0.2) is 0 Å². The van der Waals surface area contributed by atoms with E-state index in [0.29, 0.717) is 12.6 Å². The zero-order valence-electron chi connectivity index (χ0n) is 11.8. The summed E-state index contributed by atoms with van der Waals surface area (Å²) in [6.45, 7) is 2.65. The molecule has 2 fully saturated rings. The Morgan fingerprint density at radius 1 is 1.21 bits per heavy atom. The quantitative estimate of drug-likeness (QED) is 0.876. The van der Waals surface area contributed by atoms with Crippen LogP contribution in [0.5, 0.6) is 11.5 Å². The molecule has 2 aliphatic carbocycles. The van der Waals surface area contributed by atoms with Crippen LogP contribution in [0.3, 0.4) is 0 Å². The van der Waals surface area contributed by atoms with Crippen LogP contribution in [0.25, 0.3) is 0 Å². The van der Waals surface area contributed by atoms with Gasteiger partial charge in [-0.15, -0.1) is 0 Å². The first-order valence-corrected chi connectivity index (χ1v) is 7.37. The Morgan fingerprint density at radius 2 is 2.11 bits per heavy atom. The van der Waals surface area contributed by atoms with Gasteiger partial charge in [0.15, 0.2) is 11.5 Å². The largest absolute Gasteiger partial charge is 0.493 e. The lowest BCUT2D eigenvalue weighted by Gasteiger charge is -2.24. The van der Waals surface area contributed by atoms with Gasteiger partial charge in [0.25, 0.3) is 0 Å². The van der Waals surface area contributed by atoms with E-state index in [-0.39, 0.29) is 0 Å². The highest BCUT2D eigenvalue weighted by molar-refractivity contribution is 5.55. The number of benzene rings is 1. The summed E-state index contributed by atoms with van der Waals surface area (Å²) in [6.07, 6.45) is 5.60. The van der Waals surface area contributed by atoms with Crippen LogP contribution in [0.1, 0.15) is 32.6 Å². The summed E-state index contributed by atoms with van der Waals surface area (Å²) in [5.74, 6) is 3.48. The summed E-state index contributed by atoms with van der Waals surface area (Å²) < 4.78 is 10.9. The predicted molar refractivity (Wildman–Crippen MR) is 77.0 cm³/mol. The van der Waals surface area contributed by atoms with Gasteiger partial charge in [-0.3, -0.25) is 0 Å². The van der Waals surface area contributed by atoms with E-state index in [0.717, 1.165) is 29.0 Å². The number of fused-ring (bicyclic) bond motifs is 2. The summed E-state index contributed by atoms with van der Waals surface area (Å²) in [7, 11) is 1.69. The van der Waals surface area contributed by atoms with Gasteiger partial charge in [-0.1, -0.05) is 6.42 Å². The van der Waals surface area contributed by atoms with E-state index in [1.54, 1.807) is 7.11 Å². The highest BCUT2D eigenvalue weighted by atomic mass is 16.5. The van der Waals surface area contributed by atoms with Crippen molar-refractivity contribution in [3.05, 3.63) is 18.2 Å². The molecule has 0 aromatic heterocycles. The zero-order chi connectivity index (χ0) is 13.2. The molecule has 0 amide bonds. The molecule has 1 aromatic carbocycles. The summed E-state index contributed by atoms with van der Waals surface area (Å²) in [6, 6.07) is 6.80. The standard InChI is InChI=1S/C16H23NO2/c1-3-19-15-7-6-13(10-16(15)18-2)17-14-9-11-4-5-12(14)8-11/h6-7,10-12,14,17H,3-5,8-9H2,1-2H3. The Bertz CT molecular complexity index is 446. The molecule has 0 radical (unpaired) electrons. The smallest absolute Gasteiger partial charge is 0.162 e. The molecule has 3 unspecified atom stereocenters. The highest BCUT2D eigenvalue weighted by Gasteiger charge is 2.39. The minimum Gasteiger partial charge on any atom is -0.493 e. The van der Waals surface area contributed by atoms with Crippen molar-refractivity contribution in [2.24, 2.45) is 11.8 Å². The fourth-order valence-corrected chi connectivity index (χ4v) is 3.67. The van der Waals surface area contributed by atoms with Crippen LogP contribution >= 0.6 is 0 Å². The normalized spacial score (nSPS) is 28.4. The average molecular weight is 261 g/mol. The summed E-state index contributed by atoms with van der Waals surface area (Å²) >= 11 is 0. The number of rotatable bonds is 5. The Kier molecular flexibility index (Phi) is 3.54. The van der Waals surface area contributed by atoms with Gasteiger partial charge in [0.1, 0.15) is 0 Å². The number of ether oxygens (including phenoxy) is 2. The fourth-order valence-electron chi connectivity index (χ4n) is 3.67. The van der Waals surface area contributed by atoms with E-state index in [4.69, 9.17) is 9.47 Å². The maximum atomic E-state index is 5.55. The number of anilines is 1. The molecule has 19 heavy (non-hydrogen) atoms. The monoisotopic (exact) mass is 261 g/mol. The lowest BCUT2D eigenvalue weighted by atomic mass is 9.95. The first-order chi connectivity index (χ1) is 9.30. The minimum atomic E-state index is 0.654. The van der Waals surface area contributed by atoms with Crippen LogP contribution in [0, 0.1) is 11.8 Å². The topological polar surface area (TPSA) is 30.5 Å². The van der Waals surface area contributed by atoms with Crippen molar-refractivity contribution in [2.75, 3.05) is 19.0 Å². The van der Waals surface area contributed by atoms with Crippen molar-refractivity contribution in [1.82, 2.24) is 0 Å². The van der Waals surface area contributed by atoms with Gasteiger partial charge >= 0.3 is 0 Å². The number of nitrogens with one attached hydrogen (secondary N) is 1. The van der Waals surface area contributed by atoms with Gasteiger partial charge in [0.05, 0.1) is 13.7 Å². The van der Waals surface area contributed by atoms with Crippen LogP contribution in [0.15, 0.2) is 18.2 Å². The molecule has 0 aliphatic heterocycles. The molecule has 3 heteroatoms. The van der Waals surface area contributed by atoms with E-state index in [9.17, 15) is 0 Å². The molecule has 1 aromatic rings. The van der Waals surface area contributed by atoms with E-state index in [2.05, 4.69) is 17.4 Å². The Labute approximate surface area is 115 Å². The van der Waals surface area contributed by atoms with E-state index >= 15 is 0 Å². The van der Waals surface area contributed by atoms with Gasteiger partial charge in [0.2, 0.25) is 0 Å². The van der Waals surface area contributed by atoms with Crippen molar-refractivity contribution < 1.29 is 9.47 Å². The number of methoxy groups -OCH3 is 1. The second kappa shape index (κ2) is 5.32. The summed E-state index contributed by atoms with van der Waals surface area (Å²) in [5, 5.41) is 3.68. The highest BCUT2D eigenvalue weighted by Crippen LogP contribution is 2.45. The van der Waals surface area contributed by atoms with Crippen molar-refractivity contribution in [1.29, 1.82) is 0 Å². The maximum Gasteiger partial charge on any atom is 0.162 e. The molecular formula is C16H23NO2. The molecule has 3 atom stereocenters. The molecule has 3 rings (SSSR count). The van der Waals surface area contributed by atoms with Crippen molar-refractivity contribution in [2.45, 2.75) is 38.6 Å². The SMILES string of the molecule is CCOc1ccc(NC2CC3CCC2C3)cc1OC. The van der Waals surface area contributed by atoms with Crippen LogP contribution in [-0.2, 0) is 0 Å². The third kappa shape index (κ3) is 2.51. The third-order valence-electron chi connectivity index (χ3n) is 4.55. The lowest BCUT2D eigenvalue weighted by molar-refractivity contribution is 0.311. The molecule has 2 aliphatic rings. The van der Waals surface area contributed by atoms with Gasteiger partial charge in [-0.2, -0.15) is 0 Å². The molecule has 2 bridgehead atoms. The van der Waals surface area contributed by atoms with Gasteiger partial charge < -0.3 is 14.8 Å². The lowest BCUT2D eigenvalue weighted by Crippen LogP contribution is -2.25. The zero-order valence-corrected chi connectivity index (χ0v) is 11.8. The number of hydrogen-bond acceptors (Lipinski definition) is 3. The Morgan fingerprint density at radius 3 is 2.74 bits per heavy atom. The van der Waals surface area contributed by atoms with Crippen LogP contribution in [0.4, 0.5) is 5.69 Å². The van der Waals surface area contributed by atoms with E-state index < -0.39 is 0 Å². The first kappa shape index (κ1) is 12.6. The second-order valence-corrected chi connectivity index (χ2v) is 5.72. The van der Waals surface area contributed by atoms with Crippen LogP contribution in [0.2, 0.25) is 0 Å². The molecule has 0 heterocycles. The van der Waals surface area contributed by atoms with Crippen molar-refractivity contribution in [3.63, 3.8) is 0 Å². The Hall–Kier alpha value is -1.38. The fraction of sp³-hybridized carbons (Fsp3) is 0.625. The van der Waals surface area contributed by atoms with Crippen molar-refractivity contribution >= 4 is 5.69 Å². The first-order valence-electron chi connectivity index (χ1n) is 7.37. The van der Waals surface area contributed by atoms with Gasteiger partial charge in [0, 0.05) is 17.8 Å². The number of hydrogen-bond donors (Lipinski definition) is 1. The molecule has 3 nitrogen and oxygen atoms in total. The van der Waals surface area contributed by atoms with Crippen molar-refractivity contribution in [3.8, 4) is 11.5 Å². The van der Waals surface area contributed by atoms with Gasteiger partial charge in [-0.05, 0) is 50.2 Å². The maximum absolute atomic E-state index is 5.55. The third-order valence-corrected chi connectivity index (χ3v) is 4.55. The predicted octanol–water partition coefficient (Wildman–Crippen LogP) is 3.69. The minimum absolute atomic E-state index is 0.654. The Balaban J connectivity index is 1.71. The second-order valence-electron chi connectivity index (χ2n) is 5.72. The molecule has 2 saturated carbocycles. The molecule has 0 spiro atoms. The molecule has 1 N–H and O–H groups in total. The van der Waals surface area contributed by atoms with E-state index in [1.807, 2.05) is 13.0 Å². The summed E-state index contributed by atoms with van der Waals surface area (Å²) in [5.41, 5.74) is 1.15. The van der Waals surface area contributed by atoms with Crippen LogP contribution in [-0.4, -0.2) is 19.8 Å². The van der Waals surface area contributed by atoms with E-state index in [1.165, 1.54) is 25.7 Å². The molecular weight excluding hydrogens is 238 g/mol. The summed E-state index contributed by atoms with van der Waals surface area (Å²) in [4.78, 5) is 0.